The van der Waals surface area contributed by atoms with Gasteiger partial charge in [0.15, 0.2) is 5.58 Å². The lowest BCUT2D eigenvalue weighted by molar-refractivity contribution is 0.619. The summed E-state index contributed by atoms with van der Waals surface area (Å²) in [6, 6.07) is 51.0. The lowest BCUT2D eigenvalue weighted by Gasteiger charge is -2.13. The molecule has 3 heterocycles. The summed E-state index contributed by atoms with van der Waals surface area (Å²) in [5.41, 5.74) is 10.1. The number of fused-ring (bicyclic) bond motifs is 10. The summed E-state index contributed by atoms with van der Waals surface area (Å²) in [6.07, 6.45) is 0. The van der Waals surface area contributed by atoms with E-state index in [2.05, 4.69) is 120 Å². The van der Waals surface area contributed by atoms with Crippen molar-refractivity contribution in [1.82, 2.24) is 9.55 Å². The van der Waals surface area contributed by atoms with Crippen molar-refractivity contribution in [2.24, 2.45) is 0 Å². The summed E-state index contributed by atoms with van der Waals surface area (Å²) < 4.78 is 14.8. The highest BCUT2D eigenvalue weighted by Gasteiger charge is 2.19. The first-order valence-corrected chi connectivity index (χ1v) is 15.1. The smallest absolute Gasteiger partial charge is 0.227 e. The van der Waals surface area contributed by atoms with Crippen molar-refractivity contribution < 1.29 is 8.83 Å². The first-order valence-electron chi connectivity index (χ1n) is 15.1. The number of furan rings is 1. The van der Waals surface area contributed by atoms with Crippen LogP contribution in [0.3, 0.4) is 0 Å². The molecule has 0 fully saturated rings. The van der Waals surface area contributed by atoms with E-state index in [1.165, 1.54) is 43.7 Å². The minimum atomic E-state index is 0.592. The van der Waals surface area contributed by atoms with Gasteiger partial charge in [-0.3, -0.25) is 0 Å². The lowest BCUT2D eigenvalue weighted by Crippen LogP contribution is -1.95. The molecular weight excluding hydrogens is 552 g/mol. The van der Waals surface area contributed by atoms with E-state index in [4.69, 9.17) is 13.8 Å². The maximum atomic E-state index is 6.30. The minimum Gasteiger partial charge on any atom is -0.456 e. The third kappa shape index (κ3) is 3.51. The molecule has 0 aliphatic carbocycles. The fourth-order valence-electron chi connectivity index (χ4n) is 7.03. The molecule has 0 aliphatic heterocycles. The highest BCUT2D eigenvalue weighted by Crippen LogP contribution is 2.42. The van der Waals surface area contributed by atoms with E-state index < -0.39 is 0 Å². The fraction of sp³-hybridized carbons (Fsp3) is 0. The Kier molecular flexibility index (Phi) is 4.96. The molecule has 0 atom stereocenters. The molecule has 0 saturated carbocycles. The standard InChI is InChI=1S/C41H24N2O2/c1-2-10-25(11-3-1)32-24-33-29-13-6-8-16-34(29)43(40(33)30-14-5-4-12-28(30)32)27-20-18-26(19-21-27)41-42-39-37(45-41)23-22-36-38(39)31-15-7-9-17-35(31)44-36/h1-24H. The minimum absolute atomic E-state index is 0.592. The van der Waals surface area contributed by atoms with Gasteiger partial charge in [-0.05, 0) is 71.1 Å². The summed E-state index contributed by atoms with van der Waals surface area (Å²) >= 11 is 0. The number of oxazole rings is 1. The molecule has 4 heteroatoms. The topological polar surface area (TPSA) is 44.1 Å². The molecule has 0 unspecified atom stereocenters. The van der Waals surface area contributed by atoms with Crippen molar-refractivity contribution in [1.29, 1.82) is 0 Å². The van der Waals surface area contributed by atoms with E-state index in [-0.39, 0.29) is 0 Å². The summed E-state index contributed by atoms with van der Waals surface area (Å²) in [6.45, 7) is 0. The van der Waals surface area contributed by atoms with Gasteiger partial charge in [-0.2, -0.15) is 0 Å². The van der Waals surface area contributed by atoms with Crippen molar-refractivity contribution >= 4 is 65.6 Å². The molecule has 10 rings (SSSR count). The van der Waals surface area contributed by atoms with Crippen LogP contribution < -0.4 is 0 Å². The largest absolute Gasteiger partial charge is 0.456 e. The normalized spacial score (nSPS) is 12.0. The second-order valence-corrected chi connectivity index (χ2v) is 11.5. The molecule has 3 aromatic heterocycles. The van der Waals surface area contributed by atoms with Crippen molar-refractivity contribution in [2.75, 3.05) is 0 Å². The van der Waals surface area contributed by atoms with Gasteiger partial charge >= 0.3 is 0 Å². The Balaban J connectivity index is 1.17. The van der Waals surface area contributed by atoms with E-state index >= 15 is 0 Å². The number of aromatic nitrogens is 2. The van der Waals surface area contributed by atoms with Crippen molar-refractivity contribution in [3.8, 4) is 28.3 Å². The Morgan fingerprint density at radius 3 is 2.00 bits per heavy atom. The van der Waals surface area contributed by atoms with Crippen LogP contribution in [0.15, 0.2) is 154 Å². The van der Waals surface area contributed by atoms with Gasteiger partial charge in [0.05, 0.1) is 16.4 Å². The second kappa shape index (κ2) is 9.18. The SMILES string of the molecule is c1ccc(-c2cc3c4ccccc4n(-c4ccc(-c5nc6c(ccc7oc8ccccc8c76)o5)cc4)c3c3ccccc23)cc1. The lowest BCUT2D eigenvalue weighted by atomic mass is 9.95. The molecule has 7 aromatic carbocycles. The molecule has 0 radical (unpaired) electrons. The van der Waals surface area contributed by atoms with Crippen LogP contribution in [0.4, 0.5) is 0 Å². The molecule has 0 spiro atoms. The van der Waals surface area contributed by atoms with Crippen LogP contribution in [-0.2, 0) is 0 Å². The number of rotatable bonds is 3. The zero-order valence-electron chi connectivity index (χ0n) is 24.1. The van der Waals surface area contributed by atoms with E-state index in [1.54, 1.807) is 0 Å². The van der Waals surface area contributed by atoms with Crippen LogP contribution in [0, 0.1) is 0 Å². The zero-order valence-corrected chi connectivity index (χ0v) is 24.1. The number of nitrogens with zero attached hydrogens (tertiary/aromatic N) is 2. The molecule has 0 N–H and O–H groups in total. The van der Waals surface area contributed by atoms with Crippen LogP contribution in [-0.4, -0.2) is 9.55 Å². The van der Waals surface area contributed by atoms with Crippen LogP contribution >= 0.6 is 0 Å². The predicted octanol–water partition coefficient (Wildman–Crippen LogP) is 11.3. The first kappa shape index (κ1) is 24.3. The summed E-state index contributed by atoms with van der Waals surface area (Å²) in [7, 11) is 0. The molecular formula is C41H24N2O2. The summed E-state index contributed by atoms with van der Waals surface area (Å²) in [4.78, 5) is 4.97. The van der Waals surface area contributed by atoms with Crippen molar-refractivity contribution in [3.05, 3.63) is 146 Å². The van der Waals surface area contributed by atoms with Crippen LogP contribution in [0.2, 0.25) is 0 Å². The molecule has 0 saturated heterocycles. The number of para-hydroxylation sites is 2. The summed E-state index contributed by atoms with van der Waals surface area (Å²) in [5, 5.41) is 6.97. The quantitative estimate of drug-likeness (QED) is 0.210. The third-order valence-corrected chi connectivity index (χ3v) is 9.03. The predicted molar refractivity (Wildman–Crippen MR) is 184 cm³/mol. The van der Waals surface area contributed by atoms with Gasteiger partial charge in [0.2, 0.25) is 5.89 Å². The van der Waals surface area contributed by atoms with Crippen molar-refractivity contribution in [3.63, 3.8) is 0 Å². The molecule has 0 amide bonds. The third-order valence-electron chi connectivity index (χ3n) is 9.03. The second-order valence-electron chi connectivity index (χ2n) is 11.5. The molecule has 210 valence electrons. The molecule has 45 heavy (non-hydrogen) atoms. The molecule has 4 nitrogen and oxygen atoms in total. The highest BCUT2D eigenvalue weighted by atomic mass is 16.4. The van der Waals surface area contributed by atoms with Gasteiger partial charge in [-0.15, -0.1) is 0 Å². The number of hydrogen-bond acceptors (Lipinski definition) is 3. The Bertz CT molecular complexity index is 2750. The van der Waals surface area contributed by atoms with Gasteiger partial charge in [-0.1, -0.05) is 91.0 Å². The average molecular weight is 577 g/mol. The Labute approximate surface area is 257 Å². The van der Waals surface area contributed by atoms with Gasteiger partial charge in [0.1, 0.15) is 16.7 Å². The van der Waals surface area contributed by atoms with Gasteiger partial charge in [0.25, 0.3) is 0 Å². The average Bonchev–Trinajstić information content (AvgIpc) is 3.80. The van der Waals surface area contributed by atoms with E-state index in [0.717, 1.165) is 44.3 Å². The highest BCUT2D eigenvalue weighted by molar-refractivity contribution is 6.22. The Hall–Kier alpha value is -6.13. The van der Waals surface area contributed by atoms with Gasteiger partial charge in [-0.25, -0.2) is 4.98 Å². The van der Waals surface area contributed by atoms with Gasteiger partial charge in [0, 0.05) is 32.8 Å². The zero-order chi connectivity index (χ0) is 29.5. The maximum Gasteiger partial charge on any atom is 0.227 e. The van der Waals surface area contributed by atoms with Crippen LogP contribution in [0.5, 0.6) is 0 Å². The van der Waals surface area contributed by atoms with E-state index in [9.17, 15) is 0 Å². The number of benzene rings is 7. The van der Waals surface area contributed by atoms with E-state index in [1.807, 2.05) is 30.3 Å². The monoisotopic (exact) mass is 576 g/mol. The Morgan fingerprint density at radius 1 is 0.467 bits per heavy atom. The first-order chi connectivity index (χ1) is 22.3. The molecule has 0 bridgehead atoms. The fourth-order valence-corrected chi connectivity index (χ4v) is 7.03. The maximum absolute atomic E-state index is 6.30. The van der Waals surface area contributed by atoms with Gasteiger partial charge < -0.3 is 13.4 Å². The molecule has 10 aromatic rings. The molecule has 0 aliphatic rings. The van der Waals surface area contributed by atoms with Crippen LogP contribution in [0.25, 0.3) is 93.9 Å². The summed E-state index contributed by atoms with van der Waals surface area (Å²) in [5.74, 6) is 0.592. The number of hydrogen-bond donors (Lipinski definition) is 0. The van der Waals surface area contributed by atoms with Crippen LogP contribution in [0.1, 0.15) is 0 Å². The van der Waals surface area contributed by atoms with Crippen molar-refractivity contribution in [2.45, 2.75) is 0 Å². The van der Waals surface area contributed by atoms with E-state index in [0.29, 0.717) is 5.89 Å². The Morgan fingerprint density at radius 2 is 1.16 bits per heavy atom.